The van der Waals surface area contributed by atoms with Gasteiger partial charge in [-0.25, -0.2) is 0 Å². The fourth-order valence-corrected chi connectivity index (χ4v) is 4.09. The first-order valence-electron chi connectivity index (χ1n) is 10.2. The average molecular weight is 389 g/mol. The lowest BCUT2D eigenvalue weighted by Gasteiger charge is -2.35. The lowest BCUT2D eigenvalue weighted by Crippen LogP contribution is -2.48. The number of benzene rings is 1. The van der Waals surface area contributed by atoms with Crippen LogP contribution in [-0.2, 0) is 6.54 Å². The van der Waals surface area contributed by atoms with Crippen molar-refractivity contribution in [2.45, 2.75) is 27.3 Å². The molecule has 1 amide bonds. The zero-order valence-corrected chi connectivity index (χ0v) is 17.4. The number of aryl methyl sites for hydroxylation is 3. The van der Waals surface area contributed by atoms with Gasteiger partial charge in [0, 0.05) is 56.5 Å². The quantitative estimate of drug-likeness (QED) is 0.683. The summed E-state index contributed by atoms with van der Waals surface area (Å²) in [5.74, 6) is 0.122. The molecule has 0 unspecified atom stereocenters. The number of carbonyl (C=O) groups excluding carboxylic acids is 1. The Labute approximate surface area is 172 Å². The summed E-state index contributed by atoms with van der Waals surface area (Å²) in [5.41, 5.74) is 6.36. The molecule has 1 aliphatic heterocycles. The molecule has 3 heterocycles. The summed E-state index contributed by atoms with van der Waals surface area (Å²) < 4.78 is 2.17. The Morgan fingerprint density at radius 3 is 2.34 bits per heavy atom. The number of aromatic nitrogens is 2. The Morgan fingerprint density at radius 1 is 0.966 bits per heavy atom. The maximum absolute atomic E-state index is 13.4. The fraction of sp³-hybridized carbons (Fsp3) is 0.333. The summed E-state index contributed by atoms with van der Waals surface area (Å²) >= 11 is 0. The van der Waals surface area contributed by atoms with E-state index in [1.165, 1.54) is 5.56 Å². The van der Waals surface area contributed by atoms with E-state index in [0.29, 0.717) is 0 Å². The molecular formula is C24H28N4O. The molecular weight excluding hydrogens is 360 g/mol. The van der Waals surface area contributed by atoms with Gasteiger partial charge in [-0.3, -0.25) is 14.7 Å². The molecule has 150 valence electrons. The van der Waals surface area contributed by atoms with Crippen LogP contribution in [-0.4, -0.2) is 51.4 Å². The van der Waals surface area contributed by atoms with E-state index in [4.69, 9.17) is 0 Å². The Bertz CT molecular complexity index is 981. The van der Waals surface area contributed by atoms with Crippen molar-refractivity contribution >= 4 is 5.91 Å². The third kappa shape index (κ3) is 4.10. The van der Waals surface area contributed by atoms with Crippen molar-refractivity contribution in [3.05, 3.63) is 82.9 Å². The molecule has 2 aromatic heterocycles. The molecule has 1 saturated heterocycles. The summed E-state index contributed by atoms with van der Waals surface area (Å²) in [6.45, 7) is 10.3. The van der Waals surface area contributed by atoms with E-state index in [-0.39, 0.29) is 5.91 Å². The zero-order chi connectivity index (χ0) is 20.4. The Kier molecular flexibility index (Phi) is 5.49. The van der Waals surface area contributed by atoms with E-state index >= 15 is 0 Å². The zero-order valence-electron chi connectivity index (χ0n) is 17.4. The number of hydrogen-bond acceptors (Lipinski definition) is 3. The number of piperazine rings is 1. The van der Waals surface area contributed by atoms with Crippen LogP contribution in [0.2, 0.25) is 0 Å². The summed E-state index contributed by atoms with van der Waals surface area (Å²) in [6, 6.07) is 14.4. The number of rotatable bonds is 4. The average Bonchev–Trinajstić information content (AvgIpc) is 3.07. The second-order valence-corrected chi connectivity index (χ2v) is 7.90. The highest BCUT2D eigenvalue weighted by atomic mass is 16.2. The smallest absolute Gasteiger partial charge is 0.256 e. The topological polar surface area (TPSA) is 41.4 Å². The van der Waals surface area contributed by atoms with Crippen LogP contribution >= 0.6 is 0 Å². The molecule has 0 bridgehead atoms. The first-order valence-corrected chi connectivity index (χ1v) is 10.2. The van der Waals surface area contributed by atoms with E-state index in [1.807, 2.05) is 30.2 Å². The van der Waals surface area contributed by atoms with Crippen molar-refractivity contribution in [2.24, 2.45) is 0 Å². The molecule has 5 nitrogen and oxygen atoms in total. The molecule has 5 heteroatoms. The van der Waals surface area contributed by atoms with Crippen molar-refractivity contribution in [2.75, 3.05) is 26.2 Å². The highest BCUT2D eigenvalue weighted by Gasteiger charge is 2.25. The van der Waals surface area contributed by atoms with Gasteiger partial charge in [-0.2, -0.15) is 0 Å². The first kappa shape index (κ1) is 19.4. The molecule has 4 rings (SSSR count). The van der Waals surface area contributed by atoms with Crippen molar-refractivity contribution in [3.8, 4) is 5.69 Å². The SMILES string of the molecule is Cc1ccc(-n2c(C)ccc2C)c(C(=O)N2CCN(Cc3cccnc3)CC2)c1. The van der Waals surface area contributed by atoms with Gasteiger partial charge in [0.2, 0.25) is 0 Å². The van der Waals surface area contributed by atoms with Crippen LogP contribution in [0.4, 0.5) is 0 Å². The lowest BCUT2D eigenvalue weighted by molar-refractivity contribution is 0.0628. The largest absolute Gasteiger partial charge is 0.336 e. The van der Waals surface area contributed by atoms with Crippen molar-refractivity contribution in [1.29, 1.82) is 0 Å². The summed E-state index contributed by atoms with van der Waals surface area (Å²) in [5, 5.41) is 0. The lowest BCUT2D eigenvalue weighted by atomic mass is 10.1. The standard InChI is InChI=1S/C24H28N4O/c1-18-6-9-23(28-19(2)7-8-20(28)3)22(15-18)24(29)27-13-11-26(12-14-27)17-21-5-4-10-25-16-21/h4-10,15-16H,11-14,17H2,1-3H3. The molecule has 0 N–H and O–H groups in total. The summed E-state index contributed by atoms with van der Waals surface area (Å²) in [6.07, 6.45) is 3.71. The third-order valence-electron chi connectivity index (χ3n) is 5.68. The number of hydrogen-bond donors (Lipinski definition) is 0. The number of amides is 1. The van der Waals surface area contributed by atoms with E-state index in [1.54, 1.807) is 6.20 Å². The van der Waals surface area contributed by atoms with Crippen LogP contribution < -0.4 is 0 Å². The van der Waals surface area contributed by atoms with E-state index in [2.05, 4.69) is 58.6 Å². The van der Waals surface area contributed by atoms with Crippen molar-refractivity contribution < 1.29 is 4.79 Å². The van der Waals surface area contributed by atoms with Gasteiger partial charge in [0.1, 0.15) is 0 Å². The van der Waals surface area contributed by atoms with Crippen LogP contribution in [0.25, 0.3) is 5.69 Å². The highest BCUT2D eigenvalue weighted by molar-refractivity contribution is 5.98. The molecule has 0 saturated carbocycles. The normalized spacial score (nSPS) is 14.9. The predicted molar refractivity (Wildman–Crippen MR) is 115 cm³/mol. The highest BCUT2D eigenvalue weighted by Crippen LogP contribution is 2.23. The van der Waals surface area contributed by atoms with E-state index in [9.17, 15) is 4.79 Å². The van der Waals surface area contributed by atoms with Gasteiger partial charge in [-0.15, -0.1) is 0 Å². The Hall–Kier alpha value is -2.92. The van der Waals surface area contributed by atoms with E-state index < -0.39 is 0 Å². The second-order valence-electron chi connectivity index (χ2n) is 7.90. The Morgan fingerprint density at radius 2 is 1.69 bits per heavy atom. The summed E-state index contributed by atoms with van der Waals surface area (Å²) in [7, 11) is 0. The Balaban J connectivity index is 1.51. The van der Waals surface area contributed by atoms with Gasteiger partial charge in [-0.1, -0.05) is 17.7 Å². The molecule has 0 spiro atoms. The third-order valence-corrected chi connectivity index (χ3v) is 5.68. The predicted octanol–water partition coefficient (Wildman–Crippen LogP) is 3.76. The minimum atomic E-state index is 0.122. The van der Waals surface area contributed by atoms with Crippen LogP contribution in [0.15, 0.2) is 54.9 Å². The monoisotopic (exact) mass is 388 g/mol. The van der Waals surface area contributed by atoms with Crippen LogP contribution in [0, 0.1) is 20.8 Å². The van der Waals surface area contributed by atoms with Crippen LogP contribution in [0.1, 0.15) is 32.9 Å². The number of nitrogens with zero attached hydrogens (tertiary/aromatic N) is 4. The molecule has 29 heavy (non-hydrogen) atoms. The molecule has 1 aromatic carbocycles. The van der Waals surface area contributed by atoms with Gasteiger partial charge in [0.15, 0.2) is 0 Å². The first-order chi connectivity index (χ1) is 14.0. The van der Waals surface area contributed by atoms with Gasteiger partial charge in [0.05, 0.1) is 11.3 Å². The van der Waals surface area contributed by atoms with E-state index in [0.717, 1.165) is 60.9 Å². The maximum Gasteiger partial charge on any atom is 0.256 e. The number of pyridine rings is 1. The molecule has 3 aromatic rings. The van der Waals surface area contributed by atoms with Gasteiger partial charge < -0.3 is 9.47 Å². The fourth-order valence-electron chi connectivity index (χ4n) is 4.09. The molecule has 0 atom stereocenters. The molecule has 1 fully saturated rings. The molecule has 0 radical (unpaired) electrons. The van der Waals surface area contributed by atoms with Crippen LogP contribution in [0.5, 0.6) is 0 Å². The molecule has 0 aliphatic carbocycles. The van der Waals surface area contributed by atoms with Gasteiger partial charge >= 0.3 is 0 Å². The van der Waals surface area contributed by atoms with Crippen molar-refractivity contribution in [3.63, 3.8) is 0 Å². The minimum Gasteiger partial charge on any atom is -0.336 e. The minimum absolute atomic E-state index is 0.122. The second kappa shape index (κ2) is 8.21. The number of carbonyl (C=O) groups is 1. The van der Waals surface area contributed by atoms with Gasteiger partial charge in [-0.05, 0) is 56.7 Å². The van der Waals surface area contributed by atoms with Crippen molar-refractivity contribution in [1.82, 2.24) is 19.4 Å². The van der Waals surface area contributed by atoms with Gasteiger partial charge in [0.25, 0.3) is 5.91 Å². The molecule has 1 aliphatic rings. The van der Waals surface area contributed by atoms with Crippen LogP contribution in [0.3, 0.4) is 0 Å². The maximum atomic E-state index is 13.4. The summed E-state index contributed by atoms with van der Waals surface area (Å²) in [4.78, 5) is 22.0.